The van der Waals surface area contributed by atoms with E-state index in [2.05, 4.69) is 0 Å². The Hall–Kier alpha value is -1.39. The van der Waals surface area contributed by atoms with Gasteiger partial charge in [-0.3, -0.25) is 4.79 Å². The lowest BCUT2D eigenvalue weighted by atomic mass is 9.81. The third-order valence-electron chi connectivity index (χ3n) is 4.05. The van der Waals surface area contributed by atoms with Crippen LogP contribution in [0.1, 0.15) is 31.2 Å². The number of carbonyl (C=O) groups is 1. The highest BCUT2D eigenvalue weighted by Crippen LogP contribution is 2.32. The van der Waals surface area contributed by atoms with Crippen molar-refractivity contribution < 1.29 is 14.3 Å². The molecular weight excluding hydrogens is 254 g/mol. The monoisotopic (exact) mass is 277 g/mol. The second-order valence-corrected chi connectivity index (χ2v) is 5.41. The first-order valence-electron chi connectivity index (χ1n) is 7.18. The van der Waals surface area contributed by atoms with Gasteiger partial charge in [0.2, 0.25) is 5.91 Å². The molecule has 1 amide bonds. The Morgan fingerprint density at radius 2 is 1.90 bits per heavy atom. The molecule has 1 atom stereocenters. The molecule has 1 aromatic rings. The topological polar surface area (TPSA) is 61.6 Å². The molecule has 1 aliphatic carbocycles. The summed E-state index contributed by atoms with van der Waals surface area (Å²) in [5.74, 6) is 0.194. The number of benzene rings is 1. The van der Waals surface area contributed by atoms with Crippen LogP contribution in [-0.2, 0) is 20.9 Å². The Morgan fingerprint density at radius 3 is 2.45 bits per heavy atom. The average Bonchev–Trinajstić information content (AvgIpc) is 2.49. The Bertz CT molecular complexity index is 413. The smallest absolute Gasteiger partial charge is 0.220 e. The summed E-state index contributed by atoms with van der Waals surface area (Å²) in [5, 5.41) is 0. The standard InChI is InChI=1S/C16H23NO3/c1-19-16(20-11-12-5-3-2-4-6-12)14-9-7-13(8-10-14)15(17)18/h2-6,13-14,16H,7-11H2,1H3,(H2,17,18). The minimum atomic E-state index is -0.205. The SMILES string of the molecule is COC(OCc1ccccc1)C1CCC(C(N)=O)CC1. The van der Waals surface area contributed by atoms with Crippen molar-refractivity contribution in [1.82, 2.24) is 0 Å². The predicted molar refractivity (Wildman–Crippen MR) is 76.7 cm³/mol. The maximum absolute atomic E-state index is 11.2. The summed E-state index contributed by atoms with van der Waals surface area (Å²) in [6, 6.07) is 10.1. The largest absolute Gasteiger partial charge is 0.369 e. The summed E-state index contributed by atoms with van der Waals surface area (Å²) in [5.41, 5.74) is 6.49. The van der Waals surface area contributed by atoms with Gasteiger partial charge in [-0.25, -0.2) is 0 Å². The van der Waals surface area contributed by atoms with Crippen LogP contribution < -0.4 is 5.73 Å². The van der Waals surface area contributed by atoms with Gasteiger partial charge in [0.05, 0.1) is 6.61 Å². The first-order valence-corrected chi connectivity index (χ1v) is 7.18. The summed E-state index contributed by atoms with van der Waals surface area (Å²) in [4.78, 5) is 11.2. The van der Waals surface area contributed by atoms with Crippen molar-refractivity contribution in [2.24, 2.45) is 17.6 Å². The Labute approximate surface area is 120 Å². The molecule has 0 bridgehead atoms. The van der Waals surface area contributed by atoms with Gasteiger partial charge in [-0.2, -0.15) is 0 Å². The van der Waals surface area contributed by atoms with Gasteiger partial charge in [0.15, 0.2) is 6.29 Å². The van der Waals surface area contributed by atoms with Crippen molar-refractivity contribution in [2.75, 3.05) is 7.11 Å². The number of hydrogen-bond acceptors (Lipinski definition) is 3. The van der Waals surface area contributed by atoms with E-state index in [0.717, 1.165) is 31.2 Å². The molecule has 4 heteroatoms. The molecule has 0 saturated heterocycles. The molecule has 0 aliphatic heterocycles. The number of hydrogen-bond donors (Lipinski definition) is 1. The second-order valence-electron chi connectivity index (χ2n) is 5.41. The molecule has 1 aromatic carbocycles. The van der Waals surface area contributed by atoms with Crippen LogP contribution in [0.3, 0.4) is 0 Å². The van der Waals surface area contributed by atoms with E-state index in [1.54, 1.807) is 7.11 Å². The molecule has 2 rings (SSSR count). The third-order valence-corrected chi connectivity index (χ3v) is 4.05. The number of methoxy groups -OCH3 is 1. The van der Waals surface area contributed by atoms with Crippen LogP contribution in [0.15, 0.2) is 30.3 Å². The van der Waals surface area contributed by atoms with Crippen molar-refractivity contribution in [2.45, 2.75) is 38.6 Å². The summed E-state index contributed by atoms with van der Waals surface area (Å²) in [6.45, 7) is 0.551. The molecule has 1 unspecified atom stereocenters. The van der Waals surface area contributed by atoms with Crippen LogP contribution in [0.25, 0.3) is 0 Å². The zero-order valence-electron chi connectivity index (χ0n) is 12.0. The summed E-state index contributed by atoms with van der Waals surface area (Å²) >= 11 is 0. The summed E-state index contributed by atoms with van der Waals surface area (Å²) in [7, 11) is 1.68. The molecular formula is C16H23NO3. The fraction of sp³-hybridized carbons (Fsp3) is 0.562. The molecule has 110 valence electrons. The third kappa shape index (κ3) is 4.05. The van der Waals surface area contributed by atoms with Crippen LogP contribution >= 0.6 is 0 Å². The van der Waals surface area contributed by atoms with E-state index in [4.69, 9.17) is 15.2 Å². The number of nitrogens with two attached hydrogens (primary N) is 1. The predicted octanol–water partition coefficient (Wildman–Crippen LogP) is 2.47. The molecule has 0 heterocycles. The minimum Gasteiger partial charge on any atom is -0.369 e. The average molecular weight is 277 g/mol. The quantitative estimate of drug-likeness (QED) is 0.812. The fourth-order valence-corrected chi connectivity index (χ4v) is 2.83. The Balaban J connectivity index is 1.82. The van der Waals surface area contributed by atoms with Crippen LogP contribution in [0.2, 0.25) is 0 Å². The van der Waals surface area contributed by atoms with Gasteiger partial charge in [0.1, 0.15) is 0 Å². The highest BCUT2D eigenvalue weighted by Gasteiger charge is 2.30. The number of primary amides is 1. The van der Waals surface area contributed by atoms with E-state index in [9.17, 15) is 4.79 Å². The first-order chi connectivity index (χ1) is 9.70. The van der Waals surface area contributed by atoms with Crippen molar-refractivity contribution in [1.29, 1.82) is 0 Å². The van der Waals surface area contributed by atoms with Crippen molar-refractivity contribution in [3.05, 3.63) is 35.9 Å². The lowest BCUT2D eigenvalue weighted by Gasteiger charge is -2.31. The zero-order chi connectivity index (χ0) is 14.4. The second kappa shape index (κ2) is 7.41. The highest BCUT2D eigenvalue weighted by molar-refractivity contribution is 5.76. The van der Waals surface area contributed by atoms with E-state index in [1.165, 1.54) is 0 Å². The zero-order valence-corrected chi connectivity index (χ0v) is 12.0. The van der Waals surface area contributed by atoms with E-state index in [1.807, 2.05) is 30.3 Å². The first kappa shape index (κ1) is 15.0. The number of ether oxygens (including phenoxy) is 2. The summed E-state index contributed by atoms with van der Waals surface area (Å²) in [6.07, 6.45) is 3.34. The van der Waals surface area contributed by atoms with Crippen LogP contribution in [0.4, 0.5) is 0 Å². The lowest BCUT2D eigenvalue weighted by molar-refractivity contribution is -0.171. The van der Waals surface area contributed by atoms with Gasteiger partial charge in [-0.1, -0.05) is 30.3 Å². The molecule has 1 saturated carbocycles. The molecule has 1 fully saturated rings. The molecule has 4 nitrogen and oxygen atoms in total. The minimum absolute atomic E-state index is 0.0258. The Kier molecular flexibility index (Phi) is 5.56. The number of amides is 1. The van der Waals surface area contributed by atoms with E-state index >= 15 is 0 Å². The Morgan fingerprint density at radius 1 is 1.25 bits per heavy atom. The number of carbonyl (C=O) groups excluding carboxylic acids is 1. The molecule has 20 heavy (non-hydrogen) atoms. The van der Waals surface area contributed by atoms with Gasteiger partial charge in [-0.05, 0) is 31.2 Å². The van der Waals surface area contributed by atoms with E-state index in [0.29, 0.717) is 12.5 Å². The normalized spacial score (nSPS) is 24.2. The molecule has 2 N–H and O–H groups in total. The molecule has 0 spiro atoms. The van der Waals surface area contributed by atoms with Crippen molar-refractivity contribution >= 4 is 5.91 Å². The lowest BCUT2D eigenvalue weighted by Crippen LogP contribution is -2.33. The van der Waals surface area contributed by atoms with E-state index in [-0.39, 0.29) is 18.1 Å². The van der Waals surface area contributed by atoms with Crippen LogP contribution in [0, 0.1) is 11.8 Å². The van der Waals surface area contributed by atoms with Crippen LogP contribution in [0.5, 0.6) is 0 Å². The summed E-state index contributed by atoms with van der Waals surface area (Å²) < 4.78 is 11.3. The fourth-order valence-electron chi connectivity index (χ4n) is 2.83. The highest BCUT2D eigenvalue weighted by atomic mass is 16.7. The van der Waals surface area contributed by atoms with Crippen molar-refractivity contribution in [3.8, 4) is 0 Å². The number of rotatable bonds is 6. The van der Waals surface area contributed by atoms with Gasteiger partial charge in [0.25, 0.3) is 0 Å². The van der Waals surface area contributed by atoms with Crippen LogP contribution in [-0.4, -0.2) is 19.3 Å². The maximum Gasteiger partial charge on any atom is 0.220 e. The maximum atomic E-state index is 11.2. The van der Waals surface area contributed by atoms with Gasteiger partial charge >= 0.3 is 0 Å². The van der Waals surface area contributed by atoms with E-state index < -0.39 is 0 Å². The van der Waals surface area contributed by atoms with Gasteiger partial charge in [0, 0.05) is 18.9 Å². The molecule has 0 aromatic heterocycles. The molecule has 1 aliphatic rings. The van der Waals surface area contributed by atoms with Gasteiger partial charge in [-0.15, -0.1) is 0 Å². The van der Waals surface area contributed by atoms with Gasteiger partial charge < -0.3 is 15.2 Å². The molecule has 0 radical (unpaired) electrons. The van der Waals surface area contributed by atoms with Crippen molar-refractivity contribution in [3.63, 3.8) is 0 Å².